The normalized spacial score (nSPS) is 23.5. The van der Waals surface area contributed by atoms with Gasteiger partial charge in [-0.05, 0) is 12.8 Å². The molecule has 100 valence electrons. The first-order valence-corrected chi connectivity index (χ1v) is 6.23. The molecular formula is C11H18N4O3. The Morgan fingerprint density at radius 3 is 2.67 bits per heavy atom. The quantitative estimate of drug-likeness (QED) is 0.600. The van der Waals surface area contributed by atoms with Crippen LogP contribution in [-0.4, -0.2) is 39.0 Å². The van der Waals surface area contributed by atoms with E-state index in [0.29, 0.717) is 37.3 Å². The van der Waals surface area contributed by atoms with Gasteiger partial charge in [0.1, 0.15) is 11.4 Å². The summed E-state index contributed by atoms with van der Waals surface area (Å²) < 4.78 is 1.64. The van der Waals surface area contributed by atoms with Gasteiger partial charge in [0, 0.05) is 13.1 Å². The maximum Gasteiger partial charge on any atom is 0.313 e. The second-order valence-electron chi connectivity index (χ2n) is 4.44. The minimum absolute atomic E-state index is 0.110. The van der Waals surface area contributed by atoms with Crippen LogP contribution in [0.5, 0.6) is 0 Å². The van der Waals surface area contributed by atoms with Crippen LogP contribution < -0.4 is 5.32 Å². The van der Waals surface area contributed by atoms with Crippen LogP contribution in [0.4, 0.5) is 5.69 Å². The van der Waals surface area contributed by atoms with E-state index in [2.05, 4.69) is 10.4 Å². The summed E-state index contributed by atoms with van der Waals surface area (Å²) in [5.41, 5.74) is 1.21. The van der Waals surface area contributed by atoms with E-state index in [1.54, 1.807) is 4.68 Å². The molecule has 2 rings (SSSR count). The van der Waals surface area contributed by atoms with E-state index in [4.69, 9.17) is 0 Å². The fraction of sp³-hybridized carbons (Fsp3) is 0.727. The van der Waals surface area contributed by atoms with Crippen molar-refractivity contribution in [2.45, 2.75) is 38.8 Å². The highest BCUT2D eigenvalue weighted by atomic mass is 16.6. The molecular weight excluding hydrogens is 236 g/mol. The van der Waals surface area contributed by atoms with Crippen LogP contribution in [0.3, 0.4) is 0 Å². The Hall–Kier alpha value is -1.47. The zero-order valence-electron chi connectivity index (χ0n) is 10.6. The monoisotopic (exact) mass is 254 g/mol. The van der Waals surface area contributed by atoms with Crippen molar-refractivity contribution in [3.05, 3.63) is 21.5 Å². The molecule has 0 bridgehead atoms. The van der Waals surface area contributed by atoms with E-state index >= 15 is 0 Å². The molecule has 1 aromatic rings. The third-order valence-electron chi connectivity index (χ3n) is 3.37. The lowest BCUT2D eigenvalue weighted by Gasteiger charge is -2.15. The minimum atomic E-state index is -0.542. The first kappa shape index (κ1) is 13.0. The van der Waals surface area contributed by atoms with Crippen molar-refractivity contribution in [3.63, 3.8) is 0 Å². The van der Waals surface area contributed by atoms with Crippen LogP contribution >= 0.6 is 0 Å². The molecule has 2 N–H and O–H groups in total. The van der Waals surface area contributed by atoms with Crippen LogP contribution in [-0.2, 0) is 12.8 Å². The average molecular weight is 254 g/mol. The number of rotatable bonds is 4. The lowest BCUT2D eigenvalue weighted by atomic mass is 10.2. The summed E-state index contributed by atoms with van der Waals surface area (Å²) in [7, 11) is 0. The highest BCUT2D eigenvalue weighted by Crippen LogP contribution is 2.29. The van der Waals surface area contributed by atoms with Crippen molar-refractivity contribution < 1.29 is 10.0 Å². The van der Waals surface area contributed by atoms with Gasteiger partial charge in [-0.15, -0.1) is 0 Å². The Bertz CT molecular complexity index is 457. The molecule has 1 aromatic heterocycles. The van der Waals surface area contributed by atoms with Gasteiger partial charge in [0.05, 0.1) is 17.1 Å². The highest BCUT2D eigenvalue weighted by molar-refractivity contribution is 5.41. The van der Waals surface area contributed by atoms with E-state index in [9.17, 15) is 15.2 Å². The summed E-state index contributed by atoms with van der Waals surface area (Å²) in [5, 5.41) is 28.4. The SMILES string of the molecule is CCc1nn(C2CNCC2O)c(CC)c1[N+](=O)[O-]. The Morgan fingerprint density at radius 2 is 2.22 bits per heavy atom. The van der Waals surface area contributed by atoms with Gasteiger partial charge in [-0.3, -0.25) is 14.8 Å². The number of aryl methyl sites for hydroxylation is 1. The summed E-state index contributed by atoms with van der Waals surface area (Å²) in [6, 6.07) is -0.209. The Morgan fingerprint density at radius 1 is 1.50 bits per heavy atom. The van der Waals surface area contributed by atoms with Crippen molar-refractivity contribution in [1.29, 1.82) is 0 Å². The van der Waals surface area contributed by atoms with Gasteiger partial charge >= 0.3 is 5.69 Å². The summed E-state index contributed by atoms with van der Waals surface area (Å²) in [5.74, 6) is 0. The molecule has 1 aliphatic heterocycles. The number of hydrogen-bond acceptors (Lipinski definition) is 5. The fourth-order valence-corrected chi connectivity index (χ4v) is 2.47. The zero-order chi connectivity index (χ0) is 13.3. The number of nitro groups is 1. The second-order valence-corrected chi connectivity index (χ2v) is 4.44. The van der Waals surface area contributed by atoms with Crippen LogP contribution in [0.25, 0.3) is 0 Å². The van der Waals surface area contributed by atoms with Gasteiger partial charge in [-0.2, -0.15) is 5.10 Å². The highest BCUT2D eigenvalue weighted by Gasteiger charge is 2.34. The lowest BCUT2D eigenvalue weighted by Crippen LogP contribution is -2.24. The number of aromatic nitrogens is 2. The van der Waals surface area contributed by atoms with Gasteiger partial charge in [0.15, 0.2) is 0 Å². The Balaban J connectivity index is 2.50. The van der Waals surface area contributed by atoms with Gasteiger partial charge in [0.25, 0.3) is 0 Å². The lowest BCUT2D eigenvalue weighted by molar-refractivity contribution is -0.386. The van der Waals surface area contributed by atoms with E-state index in [-0.39, 0.29) is 16.7 Å². The molecule has 2 heterocycles. The maximum atomic E-state index is 11.1. The molecule has 18 heavy (non-hydrogen) atoms. The van der Waals surface area contributed by atoms with Gasteiger partial charge in [-0.1, -0.05) is 13.8 Å². The number of hydrogen-bond donors (Lipinski definition) is 2. The topological polar surface area (TPSA) is 93.2 Å². The van der Waals surface area contributed by atoms with Crippen molar-refractivity contribution in [2.24, 2.45) is 0 Å². The predicted molar refractivity (Wildman–Crippen MR) is 65.6 cm³/mol. The minimum Gasteiger partial charge on any atom is -0.390 e. The molecule has 1 fully saturated rings. The van der Waals surface area contributed by atoms with Gasteiger partial charge in [-0.25, -0.2) is 0 Å². The van der Waals surface area contributed by atoms with E-state index in [1.807, 2.05) is 13.8 Å². The molecule has 2 atom stereocenters. The smallest absolute Gasteiger partial charge is 0.313 e. The zero-order valence-corrected chi connectivity index (χ0v) is 10.6. The molecule has 1 aliphatic rings. The van der Waals surface area contributed by atoms with Crippen LogP contribution in [0.2, 0.25) is 0 Å². The molecule has 0 saturated carbocycles. The summed E-state index contributed by atoms with van der Waals surface area (Å²) in [4.78, 5) is 10.8. The van der Waals surface area contributed by atoms with Crippen molar-refractivity contribution in [1.82, 2.24) is 15.1 Å². The van der Waals surface area contributed by atoms with Crippen LogP contribution in [0, 0.1) is 10.1 Å². The maximum absolute atomic E-state index is 11.1. The van der Waals surface area contributed by atoms with E-state index < -0.39 is 6.10 Å². The Kier molecular flexibility index (Phi) is 3.63. The predicted octanol–water partition coefficient (Wildman–Crippen LogP) is 0.421. The van der Waals surface area contributed by atoms with Gasteiger partial charge in [0.2, 0.25) is 0 Å². The van der Waals surface area contributed by atoms with E-state index in [1.165, 1.54) is 0 Å². The number of nitrogens with one attached hydrogen (secondary N) is 1. The molecule has 0 aliphatic carbocycles. The molecule has 0 spiro atoms. The van der Waals surface area contributed by atoms with Crippen molar-refractivity contribution >= 4 is 5.69 Å². The molecule has 7 heteroatoms. The van der Waals surface area contributed by atoms with Crippen LogP contribution in [0.1, 0.15) is 31.3 Å². The average Bonchev–Trinajstić information content (AvgIpc) is 2.91. The second kappa shape index (κ2) is 5.03. The summed E-state index contributed by atoms with van der Waals surface area (Å²) in [6.45, 7) is 4.82. The first-order valence-electron chi connectivity index (χ1n) is 6.23. The molecule has 7 nitrogen and oxygen atoms in total. The van der Waals surface area contributed by atoms with Crippen molar-refractivity contribution in [3.8, 4) is 0 Å². The van der Waals surface area contributed by atoms with Gasteiger partial charge < -0.3 is 10.4 Å². The number of nitrogens with zero attached hydrogens (tertiary/aromatic N) is 3. The molecule has 0 aromatic carbocycles. The standard InChI is InChI=1S/C11H18N4O3/c1-3-7-11(15(17)18)8(4-2)14(13-7)9-5-12-6-10(9)16/h9-10,12,16H,3-6H2,1-2H3. The van der Waals surface area contributed by atoms with Crippen molar-refractivity contribution in [2.75, 3.05) is 13.1 Å². The molecule has 2 unspecified atom stereocenters. The van der Waals surface area contributed by atoms with Crippen LogP contribution in [0.15, 0.2) is 0 Å². The molecule has 1 saturated heterocycles. The third kappa shape index (κ3) is 1.99. The van der Waals surface area contributed by atoms with E-state index in [0.717, 1.165) is 0 Å². The number of β-amino-alcohol motifs (C(OH)–C–C–N with tert-alkyl or cyclic N) is 1. The summed E-state index contributed by atoms with van der Waals surface area (Å²) in [6.07, 6.45) is 0.513. The molecule has 0 radical (unpaired) electrons. The fourth-order valence-electron chi connectivity index (χ4n) is 2.47. The number of aliphatic hydroxyl groups is 1. The largest absolute Gasteiger partial charge is 0.390 e. The first-order chi connectivity index (χ1) is 8.60. The Labute approximate surface area is 105 Å². The number of aliphatic hydroxyl groups excluding tert-OH is 1. The third-order valence-corrected chi connectivity index (χ3v) is 3.37. The molecule has 0 amide bonds. The summed E-state index contributed by atoms with van der Waals surface area (Å²) >= 11 is 0.